The lowest BCUT2D eigenvalue weighted by molar-refractivity contribution is 0.591. The van der Waals surface area contributed by atoms with Crippen molar-refractivity contribution in [2.75, 3.05) is 0 Å². The molecule has 0 amide bonds. The highest BCUT2D eigenvalue weighted by Gasteiger charge is 2.14. The van der Waals surface area contributed by atoms with Gasteiger partial charge in [-0.25, -0.2) is 4.98 Å². The predicted molar refractivity (Wildman–Crippen MR) is 72.3 cm³/mol. The minimum atomic E-state index is 0.156. The molecule has 17 heavy (non-hydrogen) atoms. The number of fused-ring (bicyclic) bond motifs is 1. The monoisotopic (exact) mass is 228 g/mol. The third-order valence-electron chi connectivity index (χ3n) is 3.02. The maximum Gasteiger partial charge on any atom is 0.0893 e. The molecule has 0 fully saturated rings. The molecule has 0 bridgehead atoms. The Hall–Kier alpha value is -1.44. The molecule has 0 aliphatic rings. The molecule has 0 radical (unpaired) electrons. The van der Waals surface area contributed by atoms with E-state index < -0.39 is 0 Å². The number of hydrogen-bond donors (Lipinski definition) is 0. The fourth-order valence-electron chi connectivity index (χ4n) is 1.77. The van der Waals surface area contributed by atoms with Gasteiger partial charge in [0.05, 0.1) is 16.7 Å². The molecule has 1 aromatic carbocycles. The van der Waals surface area contributed by atoms with Crippen molar-refractivity contribution in [3.8, 4) is 0 Å². The van der Waals surface area contributed by atoms with Gasteiger partial charge in [0.25, 0.3) is 0 Å². The molecule has 90 valence electrons. The molecule has 2 aromatic rings. The van der Waals surface area contributed by atoms with Crippen molar-refractivity contribution in [1.29, 1.82) is 0 Å². The van der Waals surface area contributed by atoms with Gasteiger partial charge in [-0.3, -0.25) is 4.98 Å². The smallest absolute Gasteiger partial charge is 0.0893 e. The van der Waals surface area contributed by atoms with Crippen LogP contribution in [0.15, 0.2) is 24.4 Å². The van der Waals surface area contributed by atoms with Crippen LogP contribution < -0.4 is 0 Å². The molecule has 2 heteroatoms. The van der Waals surface area contributed by atoms with Crippen molar-refractivity contribution in [1.82, 2.24) is 9.97 Å². The summed E-state index contributed by atoms with van der Waals surface area (Å²) in [6, 6.07) is 6.37. The van der Waals surface area contributed by atoms with Crippen molar-refractivity contribution in [2.24, 2.45) is 0 Å². The van der Waals surface area contributed by atoms with Crippen LogP contribution in [-0.2, 0) is 5.41 Å². The predicted octanol–water partition coefficient (Wildman–Crippen LogP) is 4.05. The summed E-state index contributed by atoms with van der Waals surface area (Å²) < 4.78 is 0. The van der Waals surface area contributed by atoms with Gasteiger partial charge in [-0.15, -0.1) is 0 Å². The number of nitrogens with zero attached hydrogens (tertiary/aromatic N) is 2. The SMILES string of the molecule is CC(C)c1cnc2ccc(C(C)(C)C)cc2n1. The first-order valence-electron chi connectivity index (χ1n) is 6.15. The lowest BCUT2D eigenvalue weighted by Crippen LogP contribution is -2.11. The third kappa shape index (κ3) is 2.46. The van der Waals surface area contributed by atoms with Crippen LogP contribution in [0.2, 0.25) is 0 Å². The molecule has 2 rings (SSSR count). The van der Waals surface area contributed by atoms with E-state index in [1.54, 1.807) is 0 Å². The Bertz CT molecular complexity index is 536. The number of benzene rings is 1. The van der Waals surface area contributed by atoms with Crippen LogP contribution in [0.1, 0.15) is 51.8 Å². The molecule has 0 N–H and O–H groups in total. The molecule has 0 saturated heterocycles. The summed E-state index contributed by atoms with van der Waals surface area (Å²) in [6.45, 7) is 10.9. The molecule has 0 unspecified atom stereocenters. The zero-order chi connectivity index (χ0) is 12.6. The fourth-order valence-corrected chi connectivity index (χ4v) is 1.77. The standard InChI is InChI=1S/C15H20N2/c1-10(2)14-9-16-12-7-6-11(15(3,4)5)8-13(12)17-14/h6-10H,1-5H3. The Morgan fingerprint density at radius 3 is 2.35 bits per heavy atom. The number of hydrogen-bond acceptors (Lipinski definition) is 2. The van der Waals surface area contributed by atoms with Gasteiger partial charge in [0.2, 0.25) is 0 Å². The van der Waals surface area contributed by atoms with E-state index in [-0.39, 0.29) is 5.41 Å². The van der Waals surface area contributed by atoms with Gasteiger partial charge >= 0.3 is 0 Å². The van der Waals surface area contributed by atoms with Gasteiger partial charge in [0, 0.05) is 6.20 Å². The first kappa shape index (κ1) is 12.0. The van der Waals surface area contributed by atoms with E-state index in [0.717, 1.165) is 16.7 Å². The summed E-state index contributed by atoms with van der Waals surface area (Å²) in [4.78, 5) is 9.15. The van der Waals surface area contributed by atoms with E-state index in [0.29, 0.717) is 5.92 Å². The zero-order valence-corrected chi connectivity index (χ0v) is 11.3. The Balaban J connectivity index is 2.59. The van der Waals surface area contributed by atoms with E-state index in [2.05, 4.69) is 62.8 Å². The molecule has 1 aromatic heterocycles. The second-order valence-electron chi connectivity index (χ2n) is 5.90. The topological polar surface area (TPSA) is 25.8 Å². The van der Waals surface area contributed by atoms with Gasteiger partial charge in [-0.1, -0.05) is 40.7 Å². The molecule has 0 aliphatic carbocycles. The van der Waals surface area contributed by atoms with Crippen molar-refractivity contribution < 1.29 is 0 Å². The van der Waals surface area contributed by atoms with E-state index in [1.807, 2.05) is 6.20 Å². The zero-order valence-electron chi connectivity index (χ0n) is 11.3. The maximum absolute atomic E-state index is 4.69. The van der Waals surface area contributed by atoms with Crippen LogP contribution in [0.5, 0.6) is 0 Å². The van der Waals surface area contributed by atoms with E-state index >= 15 is 0 Å². The highest BCUT2D eigenvalue weighted by molar-refractivity contribution is 5.75. The second-order valence-corrected chi connectivity index (χ2v) is 5.90. The van der Waals surface area contributed by atoms with Crippen molar-refractivity contribution in [2.45, 2.75) is 46.0 Å². The minimum absolute atomic E-state index is 0.156. The van der Waals surface area contributed by atoms with E-state index in [4.69, 9.17) is 0 Å². The Morgan fingerprint density at radius 2 is 1.76 bits per heavy atom. The lowest BCUT2D eigenvalue weighted by atomic mass is 9.87. The minimum Gasteiger partial charge on any atom is -0.253 e. The molecule has 0 atom stereocenters. The third-order valence-corrected chi connectivity index (χ3v) is 3.02. The first-order chi connectivity index (χ1) is 7.88. The van der Waals surface area contributed by atoms with Crippen LogP contribution >= 0.6 is 0 Å². The van der Waals surface area contributed by atoms with Crippen LogP contribution in [0.25, 0.3) is 11.0 Å². The molecule has 0 aliphatic heterocycles. The number of aromatic nitrogens is 2. The fraction of sp³-hybridized carbons (Fsp3) is 0.467. The highest BCUT2D eigenvalue weighted by Crippen LogP contribution is 2.25. The number of rotatable bonds is 1. The highest BCUT2D eigenvalue weighted by atomic mass is 14.8. The van der Waals surface area contributed by atoms with Gasteiger partial charge in [-0.05, 0) is 29.0 Å². The van der Waals surface area contributed by atoms with E-state index in [9.17, 15) is 0 Å². The molecule has 0 spiro atoms. The Labute approximate surface area is 103 Å². The van der Waals surface area contributed by atoms with Crippen molar-refractivity contribution in [3.63, 3.8) is 0 Å². The lowest BCUT2D eigenvalue weighted by Gasteiger charge is -2.19. The van der Waals surface area contributed by atoms with Gasteiger partial charge in [-0.2, -0.15) is 0 Å². The van der Waals surface area contributed by atoms with Crippen LogP contribution in [-0.4, -0.2) is 9.97 Å². The van der Waals surface area contributed by atoms with Crippen LogP contribution in [0, 0.1) is 0 Å². The molecule has 1 heterocycles. The largest absolute Gasteiger partial charge is 0.253 e. The molecule has 0 saturated carbocycles. The molecular weight excluding hydrogens is 208 g/mol. The van der Waals surface area contributed by atoms with Gasteiger partial charge in [0.1, 0.15) is 0 Å². The molecular formula is C15H20N2. The van der Waals surface area contributed by atoms with Crippen LogP contribution in [0.3, 0.4) is 0 Å². The Morgan fingerprint density at radius 1 is 1.06 bits per heavy atom. The quantitative estimate of drug-likeness (QED) is 0.736. The summed E-state index contributed by atoms with van der Waals surface area (Å²) in [5.41, 5.74) is 4.50. The summed E-state index contributed by atoms with van der Waals surface area (Å²) >= 11 is 0. The summed E-state index contributed by atoms with van der Waals surface area (Å²) in [5, 5.41) is 0. The van der Waals surface area contributed by atoms with Gasteiger partial charge in [0.15, 0.2) is 0 Å². The average Bonchev–Trinajstić information content (AvgIpc) is 2.26. The second kappa shape index (κ2) is 4.10. The summed E-state index contributed by atoms with van der Waals surface area (Å²) in [7, 11) is 0. The van der Waals surface area contributed by atoms with E-state index in [1.165, 1.54) is 5.56 Å². The normalized spacial score (nSPS) is 12.4. The summed E-state index contributed by atoms with van der Waals surface area (Å²) in [5.74, 6) is 0.421. The van der Waals surface area contributed by atoms with Crippen LogP contribution in [0.4, 0.5) is 0 Å². The first-order valence-corrected chi connectivity index (χ1v) is 6.15. The maximum atomic E-state index is 4.69. The summed E-state index contributed by atoms with van der Waals surface area (Å²) in [6.07, 6.45) is 1.88. The average molecular weight is 228 g/mol. The van der Waals surface area contributed by atoms with Crippen molar-refractivity contribution >= 4 is 11.0 Å². The van der Waals surface area contributed by atoms with Crippen molar-refractivity contribution in [3.05, 3.63) is 35.7 Å². The molecule has 2 nitrogen and oxygen atoms in total. The Kier molecular flexibility index (Phi) is 2.90. The van der Waals surface area contributed by atoms with Gasteiger partial charge < -0.3 is 0 Å².